The summed E-state index contributed by atoms with van der Waals surface area (Å²) in [5.41, 5.74) is -0.349. The van der Waals surface area contributed by atoms with Gasteiger partial charge in [0.25, 0.3) is 0 Å². The van der Waals surface area contributed by atoms with E-state index in [2.05, 4.69) is 10.2 Å². The summed E-state index contributed by atoms with van der Waals surface area (Å²) in [5, 5.41) is 4.67. The highest BCUT2D eigenvalue weighted by atomic mass is 32.1. The Labute approximate surface area is 142 Å². The SMILES string of the molecule is O=C(CN(Cc1cccs1)C1CC1)Nc1ccc(C(F)(F)F)cc1. The summed E-state index contributed by atoms with van der Waals surface area (Å²) >= 11 is 1.65. The predicted molar refractivity (Wildman–Crippen MR) is 87.8 cm³/mol. The minimum atomic E-state index is -4.37. The first kappa shape index (κ1) is 17.0. The Hall–Kier alpha value is -1.86. The number of nitrogens with zero attached hydrogens (tertiary/aromatic N) is 1. The molecule has 1 fully saturated rings. The molecular formula is C17H17F3N2OS. The van der Waals surface area contributed by atoms with Crippen molar-refractivity contribution in [1.29, 1.82) is 0 Å². The van der Waals surface area contributed by atoms with Crippen LogP contribution in [0.3, 0.4) is 0 Å². The molecule has 0 bridgehead atoms. The topological polar surface area (TPSA) is 32.3 Å². The number of amides is 1. The normalized spacial score (nSPS) is 14.8. The summed E-state index contributed by atoms with van der Waals surface area (Å²) in [6, 6.07) is 8.94. The second kappa shape index (κ2) is 6.94. The zero-order valence-corrected chi connectivity index (χ0v) is 13.7. The van der Waals surface area contributed by atoms with E-state index in [4.69, 9.17) is 0 Å². The molecule has 1 aliphatic rings. The van der Waals surface area contributed by atoms with Crippen molar-refractivity contribution in [3.8, 4) is 0 Å². The molecular weight excluding hydrogens is 337 g/mol. The minimum Gasteiger partial charge on any atom is -0.325 e. The Kier molecular flexibility index (Phi) is 4.91. The van der Waals surface area contributed by atoms with Crippen LogP contribution in [0.5, 0.6) is 0 Å². The number of thiophene rings is 1. The van der Waals surface area contributed by atoms with E-state index in [9.17, 15) is 18.0 Å². The number of hydrogen-bond donors (Lipinski definition) is 1. The molecule has 1 N–H and O–H groups in total. The fraction of sp³-hybridized carbons (Fsp3) is 0.353. The van der Waals surface area contributed by atoms with Crippen LogP contribution in [0.25, 0.3) is 0 Å². The smallest absolute Gasteiger partial charge is 0.325 e. The van der Waals surface area contributed by atoms with Crippen molar-refractivity contribution < 1.29 is 18.0 Å². The lowest BCUT2D eigenvalue weighted by Gasteiger charge is -2.20. The third kappa shape index (κ3) is 4.58. The van der Waals surface area contributed by atoms with Gasteiger partial charge in [0, 0.05) is 23.2 Å². The molecule has 7 heteroatoms. The second-order valence-electron chi connectivity index (χ2n) is 5.84. The standard InChI is InChI=1S/C17H17F3N2OS/c18-17(19,20)12-3-5-13(6-4-12)21-16(23)11-22(14-7-8-14)10-15-2-1-9-24-15/h1-6,9,14H,7-8,10-11H2,(H,21,23). The molecule has 1 heterocycles. The Morgan fingerprint density at radius 3 is 2.46 bits per heavy atom. The predicted octanol–water partition coefficient (Wildman–Crippen LogP) is 4.37. The van der Waals surface area contributed by atoms with E-state index in [0.29, 0.717) is 11.7 Å². The van der Waals surface area contributed by atoms with Crippen LogP contribution >= 0.6 is 11.3 Å². The number of halogens is 3. The zero-order chi connectivity index (χ0) is 17.2. The Bertz CT molecular complexity index is 679. The van der Waals surface area contributed by atoms with E-state index < -0.39 is 11.7 Å². The lowest BCUT2D eigenvalue weighted by molar-refractivity contribution is -0.137. The highest BCUT2D eigenvalue weighted by Crippen LogP contribution is 2.30. The van der Waals surface area contributed by atoms with Crippen LogP contribution < -0.4 is 5.32 Å². The second-order valence-corrected chi connectivity index (χ2v) is 6.87. The summed E-state index contributed by atoms with van der Waals surface area (Å²) in [7, 11) is 0. The molecule has 0 atom stereocenters. The van der Waals surface area contributed by atoms with Crippen LogP contribution in [0.2, 0.25) is 0 Å². The molecule has 1 amide bonds. The fourth-order valence-corrected chi connectivity index (χ4v) is 3.21. The Morgan fingerprint density at radius 1 is 1.21 bits per heavy atom. The summed E-state index contributed by atoms with van der Waals surface area (Å²) in [6.07, 6.45) is -2.20. The number of carbonyl (C=O) groups excluding carboxylic acids is 1. The van der Waals surface area contributed by atoms with Gasteiger partial charge in [-0.05, 0) is 48.6 Å². The monoisotopic (exact) mass is 354 g/mol. The average Bonchev–Trinajstić information content (AvgIpc) is 3.24. The van der Waals surface area contributed by atoms with Gasteiger partial charge >= 0.3 is 6.18 Å². The van der Waals surface area contributed by atoms with E-state index in [1.54, 1.807) is 11.3 Å². The van der Waals surface area contributed by atoms with Gasteiger partial charge in [0.15, 0.2) is 0 Å². The van der Waals surface area contributed by atoms with E-state index in [0.717, 1.165) is 31.5 Å². The Morgan fingerprint density at radius 2 is 1.92 bits per heavy atom. The van der Waals surface area contributed by atoms with Crippen LogP contribution in [0.1, 0.15) is 23.3 Å². The van der Waals surface area contributed by atoms with Crippen molar-refractivity contribution in [2.75, 3.05) is 11.9 Å². The third-order valence-corrected chi connectivity index (χ3v) is 4.71. The number of hydrogen-bond acceptors (Lipinski definition) is 3. The van der Waals surface area contributed by atoms with Gasteiger partial charge in [0.2, 0.25) is 5.91 Å². The molecule has 1 aliphatic carbocycles. The van der Waals surface area contributed by atoms with Crippen LogP contribution in [0.15, 0.2) is 41.8 Å². The Balaban J connectivity index is 1.57. The van der Waals surface area contributed by atoms with Gasteiger partial charge in [0.05, 0.1) is 12.1 Å². The maximum atomic E-state index is 12.5. The number of anilines is 1. The molecule has 0 radical (unpaired) electrons. The first-order valence-corrected chi connectivity index (χ1v) is 8.53. The number of alkyl halides is 3. The highest BCUT2D eigenvalue weighted by molar-refractivity contribution is 7.09. The van der Waals surface area contributed by atoms with Gasteiger partial charge in [-0.15, -0.1) is 11.3 Å². The van der Waals surface area contributed by atoms with E-state index in [-0.39, 0.29) is 12.5 Å². The van der Waals surface area contributed by atoms with Crippen LogP contribution in [-0.4, -0.2) is 23.4 Å². The van der Waals surface area contributed by atoms with Gasteiger partial charge in [-0.2, -0.15) is 13.2 Å². The number of benzene rings is 1. The number of carbonyl (C=O) groups is 1. The summed E-state index contributed by atoms with van der Waals surface area (Å²) in [5.74, 6) is -0.210. The van der Waals surface area contributed by atoms with E-state index in [1.807, 2.05) is 17.5 Å². The van der Waals surface area contributed by atoms with Gasteiger partial charge in [0.1, 0.15) is 0 Å². The molecule has 1 aromatic carbocycles. The van der Waals surface area contributed by atoms with Crippen LogP contribution in [0.4, 0.5) is 18.9 Å². The number of rotatable bonds is 6. The summed E-state index contributed by atoms with van der Waals surface area (Å²) in [6.45, 7) is 0.965. The van der Waals surface area contributed by atoms with E-state index in [1.165, 1.54) is 17.0 Å². The maximum absolute atomic E-state index is 12.5. The molecule has 128 valence electrons. The van der Waals surface area contributed by atoms with Gasteiger partial charge in [-0.1, -0.05) is 6.07 Å². The molecule has 3 nitrogen and oxygen atoms in total. The van der Waals surface area contributed by atoms with Crippen molar-refractivity contribution in [2.45, 2.75) is 31.6 Å². The van der Waals surface area contributed by atoms with Crippen LogP contribution in [-0.2, 0) is 17.5 Å². The molecule has 1 saturated carbocycles. The minimum absolute atomic E-state index is 0.210. The molecule has 24 heavy (non-hydrogen) atoms. The lowest BCUT2D eigenvalue weighted by atomic mass is 10.2. The fourth-order valence-electron chi connectivity index (χ4n) is 2.48. The van der Waals surface area contributed by atoms with Crippen molar-refractivity contribution in [3.05, 3.63) is 52.2 Å². The molecule has 0 unspecified atom stereocenters. The first-order valence-electron chi connectivity index (χ1n) is 7.65. The van der Waals surface area contributed by atoms with Gasteiger partial charge in [-0.3, -0.25) is 9.69 Å². The lowest BCUT2D eigenvalue weighted by Crippen LogP contribution is -2.34. The maximum Gasteiger partial charge on any atom is 0.416 e. The summed E-state index contributed by atoms with van der Waals surface area (Å²) in [4.78, 5) is 15.5. The largest absolute Gasteiger partial charge is 0.416 e. The average molecular weight is 354 g/mol. The molecule has 3 rings (SSSR count). The van der Waals surface area contributed by atoms with Crippen molar-refractivity contribution in [2.24, 2.45) is 0 Å². The van der Waals surface area contributed by atoms with Gasteiger partial charge < -0.3 is 5.32 Å². The zero-order valence-electron chi connectivity index (χ0n) is 12.8. The van der Waals surface area contributed by atoms with Crippen LogP contribution in [0, 0.1) is 0 Å². The van der Waals surface area contributed by atoms with Crippen molar-refractivity contribution in [3.63, 3.8) is 0 Å². The quantitative estimate of drug-likeness (QED) is 0.835. The summed E-state index contributed by atoms with van der Waals surface area (Å²) < 4.78 is 37.6. The van der Waals surface area contributed by atoms with Crippen molar-refractivity contribution in [1.82, 2.24) is 4.90 Å². The molecule has 0 saturated heterocycles. The first-order chi connectivity index (χ1) is 11.4. The highest BCUT2D eigenvalue weighted by Gasteiger charge is 2.31. The third-order valence-electron chi connectivity index (χ3n) is 3.84. The number of nitrogens with one attached hydrogen (secondary N) is 1. The van der Waals surface area contributed by atoms with Gasteiger partial charge in [-0.25, -0.2) is 0 Å². The molecule has 2 aromatic rings. The van der Waals surface area contributed by atoms with Crippen molar-refractivity contribution >= 4 is 22.9 Å². The van der Waals surface area contributed by atoms with E-state index >= 15 is 0 Å². The molecule has 1 aromatic heterocycles. The molecule has 0 aliphatic heterocycles. The molecule has 0 spiro atoms.